The Morgan fingerprint density at radius 2 is 1.88 bits per heavy atom. The highest BCUT2D eigenvalue weighted by atomic mass is 32.2. The molecule has 8 heteroatoms. The molecule has 1 saturated heterocycles. The van der Waals surface area contributed by atoms with Gasteiger partial charge >= 0.3 is 0 Å². The summed E-state index contributed by atoms with van der Waals surface area (Å²) in [6.45, 7) is 0.437. The smallest absolute Gasteiger partial charge is 0.249 e. The molecule has 134 valence electrons. The number of hydrogen-bond donors (Lipinski definition) is 0. The zero-order chi connectivity index (χ0) is 18.0. The van der Waals surface area contributed by atoms with Crippen LogP contribution in [0.15, 0.2) is 64.2 Å². The lowest BCUT2D eigenvalue weighted by molar-refractivity contribution is 0.220. The van der Waals surface area contributed by atoms with Crippen molar-refractivity contribution in [2.75, 3.05) is 6.54 Å². The largest absolute Gasteiger partial charge is 0.419 e. The molecule has 1 aromatic carbocycles. The van der Waals surface area contributed by atoms with Crippen molar-refractivity contribution in [1.29, 1.82) is 0 Å². The number of sulfonamides is 1. The molecule has 26 heavy (non-hydrogen) atoms. The summed E-state index contributed by atoms with van der Waals surface area (Å²) in [7, 11) is -3.62. The van der Waals surface area contributed by atoms with Crippen molar-refractivity contribution in [2.24, 2.45) is 0 Å². The van der Waals surface area contributed by atoms with Gasteiger partial charge < -0.3 is 4.42 Å². The van der Waals surface area contributed by atoms with Crippen LogP contribution < -0.4 is 0 Å². The van der Waals surface area contributed by atoms with E-state index < -0.39 is 16.1 Å². The molecule has 1 aliphatic rings. The molecule has 4 rings (SSSR count). The van der Waals surface area contributed by atoms with Gasteiger partial charge in [-0.15, -0.1) is 10.2 Å². The van der Waals surface area contributed by atoms with Crippen LogP contribution in [0.1, 0.15) is 31.2 Å². The van der Waals surface area contributed by atoms with E-state index in [0.29, 0.717) is 30.3 Å². The summed E-state index contributed by atoms with van der Waals surface area (Å²) in [4.78, 5) is 4.32. The number of rotatable bonds is 4. The van der Waals surface area contributed by atoms with E-state index in [1.54, 1.807) is 48.8 Å². The molecule has 3 aromatic rings. The lowest BCUT2D eigenvalue weighted by Crippen LogP contribution is -2.38. The molecule has 1 atom stereocenters. The number of hydrogen-bond acceptors (Lipinski definition) is 6. The van der Waals surface area contributed by atoms with Crippen molar-refractivity contribution >= 4 is 10.0 Å². The second-order valence-electron chi connectivity index (χ2n) is 6.13. The average Bonchev–Trinajstić information content (AvgIpc) is 3.19. The Hall–Kier alpha value is -2.58. The Balaban J connectivity index is 1.68. The van der Waals surface area contributed by atoms with Crippen molar-refractivity contribution < 1.29 is 12.8 Å². The molecule has 1 fully saturated rings. The Bertz CT molecular complexity index is 974. The van der Waals surface area contributed by atoms with Gasteiger partial charge in [-0.1, -0.05) is 24.6 Å². The number of benzene rings is 1. The molecule has 0 radical (unpaired) electrons. The highest BCUT2D eigenvalue weighted by molar-refractivity contribution is 7.89. The molecule has 0 bridgehead atoms. The fourth-order valence-electron chi connectivity index (χ4n) is 3.14. The maximum absolute atomic E-state index is 13.1. The quantitative estimate of drug-likeness (QED) is 0.701. The summed E-state index contributed by atoms with van der Waals surface area (Å²) in [5, 5.41) is 8.20. The molecular formula is C18H18N4O3S. The zero-order valence-electron chi connectivity index (χ0n) is 14.0. The minimum absolute atomic E-state index is 0.277. The summed E-state index contributed by atoms with van der Waals surface area (Å²) >= 11 is 0. The Labute approximate surface area is 151 Å². The van der Waals surface area contributed by atoms with E-state index in [4.69, 9.17) is 4.42 Å². The van der Waals surface area contributed by atoms with E-state index in [9.17, 15) is 8.42 Å². The van der Waals surface area contributed by atoms with Gasteiger partial charge in [0, 0.05) is 18.9 Å². The summed E-state index contributed by atoms with van der Waals surface area (Å²) in [6.07, 6.45) is 5.68. The normalized spacial score (nSPS) is 18.7. The van der Waals surface area contributed by atoms with Crippen molar-refractivity contribution in [3.8, 4) is 11.5 Å². The van der Waals surface area contributed by atoms with E-state index in [0.717, 1.165) is 12.8 Å². The molecule has 2 aromatic heterocycles. The van der Waals surface area contributed by atoms with Gasteiger partial charge in [-0.3, -0.25) is 4.98 Å². The highest BCUT2D eigenvalue weighted by Crippen LogP contribution is 2.35. The van der Waals surface area contributed by atoms with Crippen LogP contribution in [0.2, 0.25) is 0 Å². The Morgan fingerprint density at radius 1 is 1.04 bits per heavy atom. The van der Waals surface area contributed by atoms with Gasteiger partial charge in [0.1, 0.15) is 6.04 Å². The van der Waals surface area contributed by atoms with Crippen molar-refractivity contribution in [3.63, 3.8) is 0 Å². The minimum Gasteiger partial charge on any atom is -0.419 e. The third-order valence-corrected chi connectivity index (χ3v) is 6.36. The van der Waals surface area contributed by atoms with Crippen LogP contribution in [-0.4, -0.2) is 34.4 Å². The number of nitrogens with zero attached hydrogens (tertiary/aromatic N) is 4. The molecule has 7 nitrogen and oxygen atoms in total. The van der Waals surface area contributed by atoms with Crippen LogP contribution in [0.4, 0.5) is 0 Å². The summed E-state index contributed by atoms with van der Waals surface area (Å²) in [5.41, 5.74) is 0.708. The lowest BCUT2D eigenvalue weighted by atomic mass is 10.1. The fraction of sp³-hybridized carbons (Fsp3) is 0.278. The molecule has 0 aliphatic carbocycles. The molecule has 3 heterocycles. The lowest BCUT2D eigenvalue weighted by Gasteiger charge is -2.32. The molecule has 1 aliphatic heterocycles. The van der Waals surface area contributed by atoms with Crippen LogP contribution in [0.5, 0.6) is 0 Å². The number of aromatic nitrogens is 3. The first-order valence-electron chi connectivity index (χ1n) is 8.47. The van der Waals surface area contributed by atoms with Crippen LogP contribution in [0.25, 0.3) is 11.5 Å². The van der Waals surface area contributed by atoms with E-state index in [-0.39, 0.29) is 4.90 Å². The third-order valence-electron chi connectivity index (χ3n) is 4.44. The second-order valence-corrected chi connectivity index (χ2v) is 8.02. The van der Waals surface area contributed by atoms with Gasteiger partial charge in [0.2, 0.25) is 21.8 Å². The van der Waals surface area contributed by atoms with Crippen molar-refractivity contribution in [3.05, 3.63) is 60.7 Å². The number of pyridine rings is 1. The molecule has 0 spiro atoms. The molecule has 1 unspecified atom stereocenters. The van der Waals surface area contributed by atoms with Crippen molar-refractivity contribution in [2.45, 2.75) is 30.2 Å². The molecule has 0 amide bonds. The predicted octanol–water partition coefficient (Wildman–Crippen LogP) is 3.05. The van der Waals surface area contributed by atoms with Gasteiger partial charge in [0.15, 0.2) is 0 Å². The zero-order valence-corrected chi connectivity index (χ0v) is 14.8. The summed E-state index contributed by atoms with van der Waals surface area (Å²) in [6, 6.07) is 11.6. The second kappa shape index (κ2) is 6.97. The van der Waals surface area contributed by atoms with Gasteiger partial charge in [-0.25, -0.2) is 8.42 Å². The Kier molecular flexibility index (Phi) is 4.52. The standard InChI is InChI=1S/C18H18N4O3S/c23-26(24,15-8-2-1-3-9-15)22-12-5-4-10-16(22)18-21-20-17(25-18)14-7-6-11-19-13-14/h1-3,6-9,11,13,16H,4-5,10,12H2. The average molecular weight is 370 g/mol. The maximum atomic E-state index is 13.1. The first-order valence-corrected chi connectivity index (χ1v) is 9.91. The van der Waals surface area contributed by atoms with Crippen LogP contribution in [0.3, 0.4) is 0 Å². The SMILES string of the molecule is O=S(=O)(c1ccccc1)N1CCCCC1c1nnc(-c2cccnc2)o1. The minimum atomic E-state index is -3.62. The first-order chi connectivity index (χ1) is 12.7. The monoisotopic (exact) mass is 370 g/mol. The summed E-state index contributed by atoms with van der Waals surface area (Å²) < 4.78 is 33.4. The van der Waals surface area contributed by atoms with E-state index in [2.05, 4.69) is 15.2 Å². The van der Waals surface area contributed by atoms with Crippen LogP contribution in [-0.2, 0) is 10.0 Å². The highest BCUT2D eigenvalue weighted by Gasteiger charge is 2.37. The predicted molar refractivity (Wildman–Crippen MR) is 94.5 cm³/mol. The van der Waals surface area contributed by atoms with Crippen molar-refractivity contribution in [1.82, 2.24) is 19.5 Å². The molecule has 0 N–H and O–H groups in total. The summed E-state index contributed by atoms with van der Waals surface area (Å²) in [5.74, 6) is 0.666. The fourth-order valence-corrected chi connectivity index (χ4v) is 4.81. The molecule has 0 saturated carbocycles. The van der Waals surface area contributed by atoms with Gasteiger partial charge in [-0.2, -0.15) is 4.31 Å². The first kappa shape index (κ1) is 16.9. The molecular weight excluding hydrogens is 352 g/mol. The van der Waals surface area contributed by atoms with E-state index >= 15 is 0 Å². The Morgan fingerprint density at radius 3 is 2.65 bits per heavy atom. The number of piperidine rings is 1. The third kappa shape index (κ3) is 3.13. The van der Waals surface area contributed by atoms with Gasteiger partial charge in [-0.05, 0) is 37.1 Å². The topological polar surface area (TPSA) is 89.2 Å². The van der Waals surface area contributed by atoms with Crippen LogP contribution >= 0.6 is 0 Å². The van der Waals surface area contributed by atoms with Crippen LogP contribution in [0, 0.1) is 0 Å². The van der Waals surface area contributed by atoms with E-state index in [1.165, 1.54) is 4.31 Å². The van der Waals surface area contributed by atoms with E-state index in [1.807, 2.05) is 6.07 Å². The van der Waals surface area contributed by atoms with Gasteiger partial charge in [0.05, 0.1) is 10.5 Å². The maximum Gasteiger partial charge on any atom is 0.249 e. The van der Waals surface area contributed by atoms with Gasteiger partial charge in [0.25, 0.3) is 0 Å².